The van der Waals surface area contributed by atoms with Crippen LogP contribution in [-0.4, -0.2) is 32.2 Å². The highest BCUT2D eigenvalue weighted by Crippen LogP contribution is 2.18. The first kappa shape index (κ1) is 14.3. The molecule has 1 aliphatic heterocycles. The van der Waals surface area contributed by atoms with E-state index < -0.39 is 15.8 Å². The van der Waals surface area contributed by atoms with E-state index in [1.54, 1.807) is 0 Å². The van der Waals surface area contributed by atoms with Crippen LogP contribution in [0.3, 0.4) is 0 Å². The lowest BCUT2D eigenvalue weighted by atomic mass is 10.2. The van der Waals surface area contributed by atoms with Crippen LogP contribution in [-0.2, 0) is 21.8 Å². The molecule has 1 N–H and O–H groups in total. The van der Waals surface area contributed by atoms with Gasteiger partial charge in [0.1, 0.15) is 0 Å². The highest BCUT2D eigenvalue weighted by Gasteiger charge is 2.21. The van der Waals surface area contributed by atoms with E-state index in [2.05, 4.69) is 4.72 Å². The molecule has 0 amide bonds. The van der Waals surface area contributed by atoms with Gasteiger partial charge in [-0.05, 0) is 31.0 Å². The average molecular weight is 312 g/mol. The van der Waals surface area contributed by atoms with Gasteiger partial charge in [-0.2, -0.15) is 0 Å². The lowest BCUT2D eigenvalue weighted by Crippen LogP contribution is -2.31. The molecule has 1 fully saturated rings. The summed E-state index contributed by atoms with van der Waals surface area (Å²) >= 11 is 0. The Hall–Kier alpha value is -1.64. The summed E-state index contributed by atoms with van der Waals surface area (Å²) in [6.07, 6.45) is 1.74. The van der Waals surface area contributed by atoms with Gasteiger partial charge in [0.25, 0.3) is 0 Å². The predicted molar refractivity (Wildman–Crippen MR) is 75.6 cm³/mol. The molecule has 21 heavy (non-hydrogen) atoms. The third-order valence-electron chi connectivity index (χ3n) is 3.60. The molecule has 1 aromatic carbocycles. The quantitative estimate of drug-likeness (QED) is 0.892. The van der Waals surface area contributed by atoms with Crippen LogP contribution in [0.15, 0.2) is 32.3 Å². The first-order valence-electron chi connectivity index (χ1n) is 6.68. The molecule has 0 unspecified atom stereocenters. The van der Waals surface area contributed by atoms with Crippen LogP contribution < -0.4 is 10.5 Å². The van der Waals surface area contributed by atoms with Gasteiger partial charge in [-0.1, -0.05) is 0 Å². The first-order valence-corrected chi connectivity index (χ1v) is 8.16. The summed E-state index contributed by atoms with van der Waals surface area (Å²) in [4.78, 5) is 11.5. The molecule has 8 heteroatoms. The largest absolute Gasteiger partial charge is 0.419 e. The van der Waals surface area contributed by atoms with E-state index in [1.165, 1.54) is 29.8 Å². The van der Waals surface area contributed by atoms with Crippen molar-refractivity contribution in [2.45, 2.75) is 23.8 Å². The summed E-state index contributed by atoms with van der Waals surface area (Å²) in [7, 11) is -2.10. The van der Waals surface area contributed by atoms with Crippen molar-refractivity contribution in [3.8, 4) is 0 Å². The number of hydrogen-bond donors (Lipinski definition) is 1. The number of hydrogen-bond acceptors (Lipinski definition) is 5. The number of oxazole rings is 1. The second kappa shape index (κ2) is 5.28. The molecular formula is C13H16N2O5S. The summed E-state index contributed by atoms with van der Waals surface area (Å²) in [6, 6.07) is 4.33. The van der Waals surface area contributed by atoms with Crippen molar-refractivity contribution in [3.05, 3.63) is 28.7 Å². The molecule has 0 radical (unpaired) electrons. The molecule has 3 rings (SSSR count). The maximum Gasteiger partial charge on any atom is 0.419 e. The smallest absolute Gasteiger partial charge is 0.408 e. The van der Waals surface area contributed by atoms with Crippen LogP contribution in [0.2, 0.25) is 0 Å². The fraction of sp³-hybridized carbons (Fsp3) is 0.462. The van der Waals surface area contributed by atoms with Crippen molar-refractivity contribution >= 4 is 21.1 Å². The molecule has 114 valence electrons. The molecule has 0 saturated carbocycles. The molecule has 2 heterocycles. The van der Waals surface area contributed by atoms with E-state index in [0.717, 1.165) is 12.8 Å². The number of aryl methyl sites for hydroxylation is 1. The number of sulfonamides is 1. The zero-order chi connectivity index (χ0) is 15.0. The normalized spacial score (nSPS) is 19.4. The van der Waals surface area contributed by atoms with Gasteiger partial charge in [-0.3, -0.25) is 4.57 Å². The first-order chi connectivity index (χ1) is 9.97. The fourth-order valence-electron chi connectivity index (χ4n) is 2.36. The van der Waals surface area contributed by atoms with Crippen LogP contribution in [0.1, 0.15) is 12.8 Å². The number of fused-ring (bicyclic) bond motifs is 1. The van der Waals surface area contributed by atoms with E-state index in [-0.39, 0.29) is 17.5 Å². The maximum atomic E-state index is 12.3. The molecule has 0 aliphatic carbocycles. The Morgan fingerprint density at radius 2 is 2.24 bits per heavy atom. The zero-order valence-electron chi connectivity index (χ0n) is 11.5. The van der Waals surface area contributed by atoms with Gasteiger partial charge in [0, 0.05) is 20.2 Å². The summed E-state index contributed by atoms with van der Waals surface area (Å²) in [5, 5.41) is 0. The van der Waals surface area contributed by atoms with Crippen LogP contribution in [0, 0.1) is 0 Å². The number of ether oxygens (including phenoxy) is 1. The van der Waals surface area contributed by atoms with Crippen molar-refractivity contribution < 1.29 is 17.6 Å². The standard InChI is InChI=1S/C13H16N2O5S/c1-15-11-7-10(4-5-12(11)20-13(15)16)21(17,18)14-8-9-3-2-6-19-9/h4-5,7,9,14H,2-3,6,8H2,1H3/t9-/m0/s1. The Labute approximate surface area is 121 Å². The molecular weight excluding hydrogens is 296 g/mol. The van der Waals surface area contributed by atoms with Crippen molar-refractivity contribution in [3.63, 3.8) is 0 Å². The van der Waals surface area contributed by atoms with Gasteiger partial charge < -0.3 is 9.15 Å². The van der Waals surface area contributed by atoms with E-state index in [0.29, 0.717) is 17.7 Å². The molecule has 1 aromatic heterocycles. The Kier molecular flexibility index (Phi) is 3.60. The highest BCUT2D eigenvalue weighted by atomic mass is 32.2. The van der Waals surface area contributed by atoms with Crippen LogP contribution in [0.4, 0.5) is 0 Å². The van der Waals surface area contributed by atoms with Gasteiger partial charge in [-0.25, -0.2) is 17.9 Å². The van der Waals surface area contributed by atoms with Gasteiger partial charge in [0.05, 0.1) is 16.5 Å². The van der Waals surface area contributed by atoms with Gasteiger partial charge in [0.15, 0.2) is 5.58 Å². The third kappa shape index (κ3) is 2.74. The third-order valence-corrected chi connectivity index (χ3v) is 5.02. The molecule has 2 aromatic rings. The van der Waals surface area contributed by atoms with Crippen molar-refractivity contribution in [2.24, 2.45) is 7.05 Å². The Balaban J connectivity index is 1.87. The second-order valence-corrected chi connectivity index (χ2v) is 6.81. The minimum Gasteiger partial charge on any atom is -0.408 e. The Bertz CT molecular complexity index is 815. The summed E-state index contributed by atoms with van der Waals surface area (Å²) in [5.74, 6) is -0.521. The minimum atomic E-state index is -3.63. The van der Waals surface area contributed by atoms with E-state index in [4.69, 9.17) is 9.15 Å². The fourth-order valence-corrected chi connectivity index (χ4v) is 3.45. The van der Waals surface area contributed by atoms with Crippen molar-refractivity contribution in [1.29, 1.82) is 0 Å². The number of nitrogens with zero attached hydrogens (tertiary/aromatic N) is 1. The second-order valence-electron chi connectivity index (χ2n) is 5.04. The van der Waals surface area contributed by atoms with Gasteiger partial charge >= 0.3 is 5.76 Å². The molecule has 0 bridgehead atoms. The molecule has 1 aliphatic rings. The Morgan fingerprint density at radius 3 is 2.95 bits per heavy atom. The summed E-state index contributed by atoms with van der Waals surface area (Å²) in [6.45, 7) is 0.931. The van der Waals surface area contributed by atoms with E-state index in [9.17, 15) is 13.2 Å². The van der Waals surface area contributed by atoms with Crippen LogP contribution >= 0.6 is 0 Å². The number of nitrogens with one attached hydrogen (secondary N) is 1. The van der Waals surface area contributed by atoms with Gasteiger partial charge in [-0.15, -0.1) is 0 Å². The maximum absolute atomic E-state index is 12.3. The molecule has 1 saturated heterocycles. The number of benzene rings is 1. The molecule has 1 atom stereocenters. The van der Waals surface area contributed by atoms with Crippen LogP contribution in [0.25, 0.3) is 11.1 Å². The van der Waals surface area contributed by atoms with Gasteiger partial charge in [0.2, 0.25) is 10.0 Å². The van der Waals surface area contributed by atoms with Crippen molar-refractivity contribution in [1.82, 2.24) is 9.29 Å². The Morgan fingerprint density at radius 1 is 1.43 bits per heavy atom. The lowest BCUT2D eigenvalue weighted by Gasteiger charge is -2.11. The SMILES string of the molecule is Cn1c(=O)oc2ccc(S(=O)(=O)NC[C@@H]3CCCO3)cc21. The summed E-state index contributed by atoms with van der Waals surface area (Å²) < 4.78 is 38.7. The van der Waals surface area contributed by atoms with E-state index in [1.807, 2.05) is 0 Å². The topological polar surface area (TPSA) is 90.5 Å². The summed E-state index contributed by atoms with van der Waals surface area (Å²) in [5.41, 5.74) is 0.806. The number of rotatable bonds is 4. The molecule has 7 nitrogen and oxygen atoms in total. The lowest BCUT2D eigenvalue weighted by molar-refractivity contribution is 0.114. The number of aromatic nitrogens is 1. The molecule has 0 spiro atoms. The average Bonchev–Trinajstić information content (AvgIpc) is 3.06. The predicted octanol–water partition coefficient (Wildman–Crippen LogP) is 0.589. The zero-order valence-corrected chi connectivity index (χ0v) is 12.4. The van der Waals surface area contributed by atoms with E-state index >= 15 is 0 Å². The minimum absolute atomic E-state index is 0.0678. The monoisotopic (exact) mass is 312 g/mol. The highest BCUT2D eigenvalue weighted by molar-refractivity contribution is 7.89. The van der Waals surface area contributed by atoms with Crippen LogP contribution in [0.5, 0.6) is 0 Å². The van der Waals surface area contributed by atoms with Crippen molar-refractivity contribution in [2.75, 3.05) is 13.2 Å².